The molecule has 1 rings (SSSR count). The first-order valence-corrected chi connectivity index (χ1v) is 3.58. The van der Waals surface area contributed by atoms with Crippen LogP contribution in [0.15, 0.2) is 18.7 Å². The molecular formula is C6H11BrN2S. The Hall–Kier alpha value is 0.0400. The minimum atomic E-state index is 0. The number of nitrogens with zero attached hydrogens (tertiary/aromatic N) is 2. The summed E-state index contributed by atoms with van der Waals surface area (Å²) < 4.78 is 4.12. The number of rotatable bonds is 2. The highest BCUT2D eigenvalue weighted by atomic mass is 79.9. The fourth-order valence-electron chi connectivity index (χ4n) is 0.749. The molecule has 0 atom stereocenters. The molecule has 0 saturated heterocycles. The number of hydrogen-bond donors (Lipinski definition) is 1. The third-order valence-electron chi connectivity index (χ3n) is 1.18. The van der Waals surface area contributed by atoms with Crippen LogP contribution in [0.3, 0.4) is 0 Å². The molecule has 0 aliphatic carbocycles. The van der Waals surface area contributed by atoms with E-state index in [0.29, 0.717) is 0 Å². The molecule has 0 aromatic carbocycles. The number of halogens is 1. The van der Waals surface area contributed by atoms with Gasteiger partial charge in [-0.15, -0.1) is 0 Å². The van der Waals surface area contributed by atoms with Gasteiger partial charge in [-0.25, -0.2) is 9.13 Å². The Kier molecular flexibility index (Phi) is 4.81. The molecule has 1 heterocycles. The molecule has 0 bridgehead atoms. The molecule has 58 valence electrons. The number of aryl methyl sites for hydroxylation is 2. The van der Waals surface area contributed by atoms with Crippen molar-refractivity contribution in [2.24, 2.45) is 7.05 Å². The Morgan fingerprint density at radius 3 is 2.70 bits per heavy atom. The molecule has 4 heteroatoms. The van der Waals surface area contributed by atoms with Crippen LogP contribution in [0.1, 0.15) is 0 Å². The first-order valence-electron chi connectivity index (χ1n) is 2.95. The highest BCUT2D eigenvalue weighted by molar-refractivity contribution is 7.80. The van der Waals surface area contributed by atoms with Crippen molar-refractivity contribution in [1.29, 1.82) is 0 Å². The van der Waals surface area contributed by atoms with Gasteiger partial charge in [0.05, 0.1) is 13.6 Å². The lowest BCUT2D eigenvalue weighted by molar-refractivity contribution is -0.691. The number of hydrogen-bond acceptors (Lipinski definition) is 1. The largest absolute Gasteiger partial charge is 1.00 e. The molecule has 0 fully saturated rings. The zero-order chi connectivity index (χ0) is 6.69. The van der Waals surface area contributed by atoms with Crippen LogP contribution >= 0.6 is 12.6 Å². The van der Waals surface area contributed by atoms with Crippen LogP contribution in [0.4, 0.5) is 0 Å². The summed E-state index contributed by atoms with van der Waals surface area (Å²) >= 11 is 4.11. The maximum Gasteiger partial charge on any atom is 0.243 e. The van der Waals surface area contributed by atoms with E-state index in [1.807, 2.05) is 30.3 Å². The van der Waals surface area contributed by atoms with Crippen molar-refractivity contribution in [3.63, 3.8) is 0 Å². The van der Waals surface area contributed by atoms with Gasteiger partial charge in [-0.1, -0.05) is 0 Å². The summed E-state index contributed by atoms with van der Waals surface area (Å²) in [6.45, 7) is 0.990. The molecule has 1 aromatic rings. The van der Waals surface area contributed by atoms with E-state index in [1.54, 1.807) is 0 Å². The van der Waals surface area contributed by atoms with Gasteiger partial charge in [0.2, 0.25) is 6.33 Å². The lowest BCUT2D eigenvalue weighted by atomic mass is 10.7. The molecule has 0 N–H and O–H groups in total. The van der Waals surface area contributed by atoms with E-state index in [2.05, 4.69) is 17.2 Å². The Bertz CT molecular complexity index is 188. The maximum absolute atomic E-state index is 4.11. The zero-order valence-electron chi connectivity index (χ0n) is 5.87. The van der Waals surface area contributed by atoms with Gasteiger partial charge < -0.3 is 17.0 Å². The molecule has 0 saturated carbocycles. The second-order valence-corrected chi connectivity index (χ2v) is 2.49. The van der Waals surface area contributed by atoms with Gasteiger partial charge in [0, 0.05) is 5.75 Å². The molecule has 10 heavy (non-hydrogen) atoms. The smallest absolute Gasteiger partial charge is 0.243 e. The predicted molar refractivity (Wildman–Crippen MR) is 39.5 cm³/mol. The molecule has 1 aromatic heterocycles. The SMILES string of the molecule is Cn1cc[n+](CCS)c1.[Br-]. The lowest BCUT2D eigenvalue weighted by Gasteiger charge is -1.86. The summed E-state index contributed by atoms with van der Waals surface area (Å²) in [6, 6.07) is 0. The zero-order valence-corrected chi connectivity index (χ0v) is 8.35. The Balaban J connectivity index is 0.000000810. The third kappa shape index (κ3) is 2.75. The van der Waals surface area contributed by atoms with Crippen LogP contribution in [0.25, 0.3) is 0 Å². The summed E-state index contributed by atoms with van der Waals surface area (Å²) in [5, 5.41) is 0. The van der Waals surface area contributed by atoms with Crippen LogP contribution in [0, 0.1) is 0 Å². The van der Waals surface area contributed by atoms with Crippen molar-refractivity contribution >= 4 is 12.6 Å². The summed E-state index contributed by atoms with van der Waals surface area (Å²) in [5.74, 6) is 0.898. The van der Waals surface area contributed by atoms with Gasteiger partial charge in [0.15, 0.2) is 0 Å². The Morgan fingerprint density at radius 1 is 1.60 bits per heavy atom. The van der Waals surface area contributed by atoms with Gasteiger partial charge in [0.25, 0.3) is 0 Å². The summed E-state index contributed by atoms with van der Waals surface area (Å²) in [6.07, 6.45) is 6.09. The van der Waals surface area contributed by atoms with Crippen LogP contribution in [-0.4, -0.2) is 10.3 Å². The van der Waals surface area contributed by atoms with E-state index in [1.165, 1.54) is 0 Å². The molecule has 0 unspecified atom stereocenters. The van der Waals surface area contributed by atoms with Crippen molar-refractivity contribution in [1.82, 2.24) is 4.57 Å². The van der Waals surface area contributed by atoms with Gasteiger partial charge in [-0.2, -0.15) is 12.6 Å². The summed E-state index contributed by atoms with van der Waals surface area (Å²) in [7, 11) is 2.01. The molecule has 0 aliphatic heterocycles. The second-order valence-electron chi connectivity index (χ2n) is 2.04. The highest BCUT2D eigenvalue weighted by Crippen LogP contribution is 1.78. The van der Waals surface area contributed by atoms with Crippen LogP contribution in [-0.2, 0) is 13.6 Å². The van der Waals surface area contributed by atoms with E-state index in [0.717, 1.165) is 12.3 Å². The average Bonchev–Trinajstić information content (AvgIpc) is 2.17. The van der Waals surface area contributed by atoms with Crippen LogP contribution in [0.2, 0.25) is 0 Å². The predicted octanol–water partition coefficient (Wildman–Crippen LogP) is -2.75. The lowest BCUT2D eigenvalue weighted by Crippen LogP contribution is -3.00. The monoisotopic (exact) mass is 222 g/mol. The first-order chi connectivity index (χ1) is 4.33. The quantitative estimate of drug-likeness (QED) is 0.411. The Labute approximate surface area is 77.0 Å². The molecule has 0 amide bonds. The van der Waals surface area contributed by atoms with E-state index >= 15 is 0 Å². The fraction of sp³-hybridized carbons (Fsp3) is 0.500. The fourth-order valence-corrected chi connectivity index (χ4v) is 0.980. The van der Waals surface area contributed by atoms with Gasteiger partial charge >= 0.3 is 0 Å². The van der Waals surface area contributed by atoms with Crippen molar-refractivity contribution in [2.45, 2.75) is 6.54 Å². The normalized spacial score (nSPS) is 9.00. The first kappa shape index (κ1) is 10.0. The molecule has 0 spiro atoms. The molecule has 2 nitrogen and oxygen atoms in total. The van der Waals surface area contributed by atoms with E-state index in [4.69, 9.17) is 0 Å². The number of thiol groups is 1. The number of aromatic nitrogens is 2. The standard InChI is InChI=1S/C6H10N2S.BrH/c1-7-2-3-8(6-7)4-5-9;/h2-3,6H,4-5H2,1H3;1H. The summed E-state index contributed by atoms with van der Waals surface area (Å²) in [4.78, 5) is 0. The Morgan fingerprint density at radius 2 is 2.30 bits per heavy atom. The summed E-state index contributed by atoms with van der Waals surface area (Å²) in [5.41, 5.74) is 0. The molecule has 0 radical (unpaired) electrons. The molecular weight excluding hydrogens is 212 g/mol. The van der Waals surface area contributed by atoms with E-state index in [9.17, 15) is 0 Å². The van der Waals surface area contributed by atoms with Crippen LogP contribution < -0.4 is 21.5 Å². The second kappa shape index (κ2) is 4.79. The van der Waals surface area contributed by atoms with Crippen molar-refractivity contribution in [2.75, 3.05) is 5.75 Å². The third-order valence-corrected chi connectivity index (χ3v) is 1.38. The van der Waals surface area contributed by atoms with Crippen molar-refractivity contribution in [3.05, 3.63) is 18.7 Å². The highest BCUT2D eigenvalue weighted by Gasteiger charge is 1.95. The van der Waals surface area contributed by atoms with E-state index in [-0.39, 0.29) is 17.0 Å². The topological polar surface area (TPSA) is 8.81 Å². The average molecular weight is 223 g/mol. The van der Waals surface area contributed by atoms with Gasteiger partial charge in [-0.3, -0.25) is 0 Å². The molecule has 0 aliphatic rings. The number of imidazole rings is 1. The van der Waals surface area contributed by atoms with Gasteiger partial charge in [-0.05, 0) is 0 Å². The van der Waals surface area contributed by atoms with E-state index < -0.39 is 0 Å². The maximum atomic E-state index is 4.11. The van der Waals surface area contributed by atoms with Crippen LogP contribution in [0.5, 0.6) is 0 Å². The van der Waals surface area contributed by atoms with Gasteiger partial charge in [0.1, 0.15) is 12.4 Å². The minimum absolute atomic E-state index is 0. The van der Waals surface area contributed by atoms with Crippen molar-refractivity contribution < 1.29 is 21.5 Å². The van der Waals surface area contributed by atoms with Crippen molar-refractivity contribution in [3.8, 4) is 0 Å². The minimum Gasteiger partial charge on any atom is -1.00 e.